The van der Waals surface area contributed by atoms with Crippen molar-refractivity contribution >= 4 is 38.7 Å². The molecule has 0 radical (unpaired) electrons. The Kier molecular flexibility index (Phi) is 4.74. The molecule has 0 aliphatic rings. The summed E-state index contributed by atoms with van der Waals surface area (Å²) < 4.78 is 5.18. The molecule has 17 heavy (non-hydrogen) atoms. The fraction of sp³-hybridized carbons (Fsp3) is 0.417. The maximum absolute atomic E-state index is 5.18. The fourth-order valence-electron chi connectivity index (χ4n) is 1.53. The SMILES string of the molecule is COc1ccc2nc(SCCCCBr)[nH]c2c1. The van der Waals surface area contributed by atoms with E-state index >= 15 is 0 Å². The second kappa shape index (κ2) is 6.31. The lowest BCUT2D eigenvalue weighted by atomic mass is 10.3. The standard InChI is InChI=1S/C12H15BrN2OS/c1-16-9-4-5-10-11(8-9)15-12(14-10)17-7-3-2-6-13/h4-5,8H,2-3,6-7H2,1H3,(H,14,15). The first kappa shape index (κ1) is 12.8. The van der Waals surface area contributed by atoms with E-state index in [-0.39, 0.29) is 0 Å². The Hall–Kier alpha value is -0.680. The number of alkyl halides is 1. The van der Waals surface area contributed by atoms with Gasteiger partial charge >= 0.3 is 0 Å². The van der Waals surface area contributed by atoms with Crippen LogP contribution < -0.4 is 4.74 Å². The third-order valence-corrected chi connectivity index (χ3v) is 3.95. The van der Waals surface area contributed by atoms with Crippen molar-refractivity contribution in [1.29, 1.82) is 0 Å². The van der Waals surface area contributed by atoms with Crippen LogP contribution in [-0.4, -0.2) is 28.2 Å². The number of rotatable bonds is 6. The number of methoxy groups -OCH3 is 1. The van der Waals surface area contributed by atoms with Gasteiger partial charge in [0.2, 0.25) is 0 Å². The maximum atomic E-state index is 5.18. The highest BCUT2D eigenvalue weighted by molar-refractivity contribution is 9.09. The van der Waals surface area contributed by atoms with Crippen LogP contribution >= 0.6 is 27.7 Å². The third-order valence-electron chi connectivity index (χ3n) is 2.43. The fourth-order valence-corrected chi connectivity index (χ4v) is 2.81. The van der Waals surface area contributed by atoms with Gasteiger partial charge in [-0.1, -0.05) is 27.7 Å². The molecule has 1 aromatic carbocycles. The average Bonchev–Trinajstić information content (AvgIpc) is 2.76. The van der Waals surface area contributed by atoms with Gasteiger partial charge in [-0.05, 0) is 25.0 Å². The van der Waals surface area contributed by atoms with Crippen LogP contribution in [0.3, 0.4) is 0 Å². The first-order valence-electron chi connectivity index (χ1n) is 5.56. The van der Waals surface area contributed by atoms with Gasteiger partial charge in [0.1, 0.15) is 5.75 Å². The number of nitrogens with one attached hydrogen (secondary N) is 1. The van der Waals surface area contributed by atoms with Gasteiger partial charge in [-0.3, -0.25) is 0 Å². The summed E-state index contributed by atoms with van der Waals surface area (Å²) in [5.74, 6) is 1.96. The molecule has 0 aliphatic heterocycles. The van der Waals surface area contributed by atoms with Gasteiger partial charge in [0.25, 0.3) is 0 Å². The van der Waals surface area contributed by atoms with Crippen molar-refractivity contribution in [2.24, 2.45) is 0 Å². The molecule has 0 unspecified atom stereocenters. The number of aromatic nitrogens is 2. The molecule has 0 saturated heterocycles. The minimum absolute atomic E-state index is 0.858. The van der Waals surface area contributed by atoms with Crippen molar-refractivity contribution in [3.63, 3.8) is 0 Å². The lowest BCUT2D eigenvalue weighted by molar-refractivity contribution is 0.415. The number of aromatic amines is 1. The van der Waals surface area contributed by atoms with Gasteiger partial charge < -0.3 is 9.72 Å². The second-order valence-corrected chi connectivity index (χ2v) is 5.55. The lowest BCUT2D eigenvalue weighted by Crippen LogP contribution is -1.82. The van der Waals surface area contributed by atoms with Crippen LogP contribution in [0, 0.1) is 0 Å². The summed E-state index contributed by atoms with van der Waals surface area (Å²) in [6.45, 7) is 0. The van der Waals surface area contributed by atoms with Crippen molar-refractivity contribution in [2.45, 2.75) is 18.0 Å². The van der Waals surface area contributed by atoms with Gasteiger partial charge in [0.05, 0.1) is 18.1 Å². The summed E-state index contributed by atoms with van der Waals surface area (Å²) in [7, 11) is 1.67. The highest BCUT2D eigenvalue weighted by Gasteiger charge is 2.04. The van der Waals surface area contributed by atoms with Crippen LogP contribution in [0.4, 0.5) is 0 Å². The zero-order valence-corrected chi connectivity index (χ0v) is 12.1. The third kappa shape index (κ3) is 3.39. The molecule has 92 valence electrons. The van der Waals surface area contributed by atoms with Crippen molar-refractivity contribution in [3.05, 3.63) is 18.2 Å². The number of imidazole rings is 1. The van der Waals surface area contributed by atoms with E-state index in [4.69, 9.17) is 4.74 Å². The second-order valence-electron chi connectivity index (χ2n) is 3.67. The number of unbranched alkanes of at least 4 members (excludes halogenated alkanes) is 1. The van der Waals surface area contributed by atoms with E-state index in [1.165, 1.54) is 12.8 Å². The van der Waals surface area contributed by atoms with Crippen molar-refractivity contribution in [3.8, 4) is 5.75 Å². The van der Waals surface area contributed by atoms with Crippen LogP contribution in [0.15, 0.2) is 23.4 Å². The van der Waals surface area contributed by atoms with Gasteiger partial charge in [-0.15, -0.1) is 0 Å². The number of fused-ring (bicyclic) bond motifs is 1. The van der Waals surface area contributed by atoms with Gasteiger partial charge in [0.15, 0.2) is 5.16 Å². The molecule has 0 saturated carbocycles. The highest BCUT2D eigenvalue weighted by Crippen LogP contribution is 2.23. The van der Waals surface area contributed by atoms with Gasteiger partial charge in [-0.25, -0.2) is 4.98 Å². The number of thioether (sulfide) groups is 1. The van der Waals surface area contributed by atoms with Crippen LogP contribution in [0.2, 0.25) is 0 Å². The van der Waals surface area contributed by atoms with E-state index < -0.39 is 0 Å². The molecular weight excluding hydrogens is 300 g/mol. The number of hydrogen-bond acceptors (Lipinski definition) is 3. The Labute approximate surface area is 113 Å². The van der Waals surface area contributed by atoms with Crippen LogP contribution in [-0.2, 0) is 0 Å². The molecule has 0 atom stereocenters. The zero-order valence-electron chi connectivity index (χ0n) is 9.70. The molecule has 2 rings (SSSR count). The first-order valence-corrected chi connectivity index (χ1v) is 7.66. The maximum Gasteiger partial charge on any atom is 0.166 e. The zero-order chi connectivity index (χ0) is 12.1. The minimum Gasteiger partial charge on any atom is -0.497 e. The molecule has 0 fully saturated rings. The van der Waals surface area contributed by atoms with Crippen molar-refractivity contribution in [2.75, 3.05) is 18.2 Å². The van der Waals surface area contributed by atoms with Crippen LogP contribution in [0.1, 0.15) is 12.8 Å². The van der Waals surface area contributed by atoms with Gasteiger partial charge in [-0.2, -0.15) is 0 Å². The molecule has 1 aromatic heterocycles. The van der Waals surface area contributed by atoms with Crippen LogP contribution in [0.25, 0.3) is 11.0 Å². The lowest BCUT2D eigenvalue weighted by Gasteiger charge is -1.96. The van der Waals surface area contributed by atoms with E-state index in [0.717, 1.165) is 33.0 Å². The van der Waals surface area contributed by atoms with E-state index in [9.17, 15) is 0 Å². The Morgan fingerprint density at radius 2 is 2.29 bits per heavy atom. The summed E-state index contributed by atoms with van der Waals surface area (Å²) in [6.07, 6.45) is 2.41. The Morgan fingerprint density at radius 1 is 1.41 bits per heavy atom. The van der Waals surface area contributed by atoms with Gasteiger partial charge in [0, 0.05) is 17.1 Å². The van der Waals surface area contributed by atoms with Crippen molar-refractivity contribution in [1.82, 2.24) is 9.97 Å². The predicted octanol–water partition coefficient (Wildman–Crippen LogP) is 3.84. The molecule has 5 heteroatoms. The Balaban J connectivity index is 2.04. The summed E-state index contributed by atoms with van der Waals surface area (Å²) in [6, 6.07) is 5.89. The summed E-state index contributed by atoms with van der Waals surface area (Å²) in [5, 5.41) is 2.06. The summed E-state index contributed by atoms with van der Waals surface area (Å²) in [4.78, 5) is 7.83. The average molecular weight is 315 g/mol. The molecule has 0 aliphatic carbocycles. The molecule has 0 spiro atoms. The Bertz CT molecular complexity index is 486. The number of halogens is 1. The van der Waals surface area contributed by atoms with Crippen LogP contribution in [0.5, 0.6) is 5.75 Å². The smallest absolute Gasteiger partial charge is 0.166 e. The highest BCUT2D eigenvalue weighted by atomic mass is 79.9. The predicted molar refractivity (Wildman–Crippen MR) is 76.4 cm³/mol. The monoisotopic (exact) mass is 314 g/mol. The van der Waals surface area contributed by atoms with E-state index in [0.29, 0.717) is 0 Å². The molecule has 3 nitrogen and oxygen atoms in total. The topological polar surface area (TPSA) is 37.9 Å². The van der Waals surface area contributed by atoms with E-state index in [1.807, 2.05) is 18.2 Å². The normalized spacial score (nSPS) is 10.9. The molecular formula is C12H15BrN2OS. The summed E-state index contributed by atoms with van der Waals surface area (Å²) in [5.41, 5.74) is 2.03. The first-order chi connectivity index (χ1) is 8.33. The summed E-state index contributed by atoms with van der Waals surface area (Å²) >= 11 is 5.20. The number of ether oxygens (including phenoxy) is 1. The van der Waals surface area contributed by atoms with E-state index in [1.54, 1.807) is 18.9 Å². The molecule has 1 heterocycles. The quantitative estimate of drug-likeness (QED) is 0.500. The molecule has 0 bridgehead atoms. The number of nitrogens with zero attached hydrogens (tertiary/aromatic N) is 1. The molecule has 1 N–H and O–H groups in total. The van der Waals surface area contributed by atoms with E-state index in [2.05, 4.69) is 25.9 Å². The number of benzene rings is 1. The Morgan fingerprint density at radius 3 is 3.06 bits per heavy atom. The molecule has 0 amide bonds. The number of H-pyrrole nitrogens is 1. The number of hydrogen-bond donors (Lipinski definition) is 1. The van der Waals surface area contributed by atoms with Crippen molar-refractivity contribution < 1.29 is 4.74 Å². The largest absolute Gasteiger partial charge is 0.497 e. The minimum atomic E-state index is 0.858. The molecule has 2 aromatic rings.